The van der Waals surface area contributed by atoms with Gasteiger partial charge in [-0.2, -0.15) is 0 Å². The van der Waals surface area contributed by atoms with E-state index in [0.29, 0.717) is 5.88 Å². The first-order valence-electron chi connectivity index (χ1n) is 4.23. The molecule has 0 bridgehead atoms. The van der Waals surface area contributed by atoms with Gasteiger partial charge in [-0.1, -0.05) is 0 Å². The average Bonchev–Trinajstić information content (AvgIpc) is 2.67. The van der Waals surface area contributed by atoms with Crippen LogP contribution in [0.2, 0.25) is 0 Å². The van der Waals surface area contributed by atoms with Gasteiger partial charge in [0.2, 0.25) is 0 Å². The minimum atomic E-state index is 0.525. The van der Waals surface area contributed by atoms with Crippen molar-refractivity contribution in [3.8, 4) is 10.6 Å². The number of rotatable bonds is 2. The van der Waals surface area contributed by atoms with Crippen LogP contribution in [0.5, 0.6) is 0 Å². The Labute approximate surface area is 91.6 Å². The first kappa shape index (κ1) is 9.62. The summed E-state index contributed by atoms with van der Waals surface area (Å²) in [6.07, 6.45) is 5.44. The van der Waals surface area contributed by atoms with Gasteiger partial charge in [0, 0.05) is 29.0 Å². The second-order valence-electron chi connectivity index (χ2n) is 2.96. The van der Waals surface area contributed by atoms with E-state index >= 15 is 0 Å². The standard InChI is InChI=1S/C10H9ClN2S/c1-7-2-3-12-6-9(7)10-13-5-8(4-11)14-10/h2-3,5-6H,4H2,1H3. The Bertz CT molecular complexity index is 439. The maximum Gasteiger partial charge on any atom is 0.125 e. The molecule has 0 aliphatic carbocycles. The molecule has 0 saturated heterocycles. The predicted molar refractivity (Wildman–Crippen MR) is 59.6 cm³/mol. The molecule has 2 aromatic rings. The fraction of sp³-hybridized carbons (Fsp3) is 0.200. The third-order valence-electron chi connectivity index (χ3n) is 1.95. The van der Waals surface area contributed by atoms with Crippen LogP contribution in [0.4, 0.5) is 0 Å². The molecule has 0 aliphatic heterocycles. The summed E-state index contributed by atoms with van der Waals surface area (Å²) in [5, 5.41) is 0.992. The van der Waals surface area contributed by atoms with Crippen molar-refractivity contribution in [3.63, 3.8) is 0 Å². The van der Waals surface area contributed by atoms with E-state index in [-0.39, 0.29) is 0 Å². The lowest BCUT2D eigenvalue weighted by atomic mass is 10.2. The number of halogens is 1. The van der Waals surface area contributed by atoms with Crippen molar-refractivity contribution in [2.24, 2.45) is 0 Å². The lowest BCUT2D eigenvalue weighted by molar-refractivity contribution is 1.27. The molecule has 0 fully saturated rings. The zero-order chi connectivity index (χ0) is 9.97. The number of aryl methyl sites for hydroxylation is 1. The number of hydrogen-bond acceptors (Lipinski definition) is 3. The summed E-state index contributed by atoms with van der Waals surface area (Å²) in [6.45, 7) is 2.05. The Morgan fingerprint density at radius 2 is 2.29 bits per heavy atom. The normalized spacial score (nSPS) is 10.4. The zero-order valence-corrected chi connectivity index (χ0v) is 9.27. The molecule has 4 heteroatoms. The molecule has 0 radical (unpaired) electrons. The number of thiazole rings is 1. The SMILES string of the molecule is Cc1ccncc1-c1ncc(CCl)s1. The second-order valence-corrected chi connectivity index (χ2v) is 4.34. The molecule has 2 heterocycles. The Kier molecular flexibility index (Phi) is 2.79. The third-order valence-corrected chi connectivity index (χ3v) is 3.43. The summed E-state index contributed by atoms with van der Waals surface area (Å²) in [5.41, 5.74) is 2.28. The number of hydrogen-bond donors (Lipinski definition) is 0. The largest absolute Gasteiger partial charge is 0.264 e. The highest BCUT2D eigenvalue weighted by atomic mass is 35.5. The molecule has 0 spiro atoms. The van der Waals surface area contributed by atoms with E-state index in [1.807, 2.05) is 18.5 Å². The van der Waals surface area contributed by atoms with Crippen LogP contribution in [0.25, 0.3) is 10.6 Å². The van der Waals surface area contributed by atoms with Gasteiger partial charge in [0.25, 0.3) is 0 Å². The molecule has 0 saturated carbocycles. The highest BCUT2D eigenvalue weighted by Gasteiger charge is 2.06. The van der Waals surface area contributed by atoms with Gasteiger partial charge >= 0.3 is 0 Å². The summed E-state index contributed by atoms with van der Waals surface area (Å²) >= 11 is 7.34. The minimum absolute atomic E-state index is 0.525. The van der Waals surface area contributed by atoms with E-state index in [2.05, 4.69) is 16.9 Å². The maximum atomic E-state index is 5.72. The molecular weight excluding hydrogens is 216 g/mol. The van der Waals surface area contributed by atoms with E-state index < -0.39 is 0 Å². The number of pyridine rings is 1. The molecule has 0 aliphatic rings. The van der Waals surface area contributed by atoms with Gasteiger partial charge in [-0.15, -0.1) is 22.9 Å². The van der Waals surface area contributed by atoms with Gasteiger partial charge in [-0.05, 0) is 18.6 Å². The monoisotopic (exact) mass is 224 g/mol. The molecule has 0 atom stereocenters. The van der Waals surface area contributed by atoms with Gasteiger partial charge in [0.1, 0.15) is 5.01 Å². The van der Waals surface area contributed by atoms with Gasteiger partial charge in [-0.25, -0.2) is 4.98 Å². The molecule has 0 N–H and O–H groups in total. The molecule has 14 heavy (non-hydrogen) atoms. The molecule has 0 unspecified atom stereocenters. The molecule has 0 aromatic carbocycles. The van der Waals surface area contributed by atoms with E-state index in [0.717, 1.165) is 15.4 Å². The van der Waals surface area contributed by atoms with Crippen LogP contribution in [0.3, 0.4) is 0 Å². The Morgan fingerprint density at radius 1 is 1.43 bits per heavy atom. The number of alkyl halides is 1. The van der Waals surface area contributed by atoms with Crippen molar-refractivity contribution in [3.05, 3.63) is 35.1 Å². The van der Waals surface area contributed by atoms with Crippen molar-refractivity contribution >= 4 is 22.9 Å². The molecule has 2 rings (SSSR count). The van der Waals surface area contributed by atoms with Gasteiger partial charge in [0.15, 0.2) is 0 Å². The summed E-state index contributed by atoms with van der Waals surface area (Å²) in [4.78, 5) is 9.49. The third kappa shape index (κ3) is 1.79. The molecular formula is C10H9ClN2S. The summed E-state index contributed by atoms with van der Waals surface area (Å²) in [5.74, 6) is 0.525. The lowest BCUT2D eigenvalue weighted by Gasteiger charge is -1.98. The lowest BCUT2D eigenvalue weighted by Crippen LogP contribution is -1.82. The van der Waals surface area contributed by atoms with Crippen LogP contribution in [0, 0.1) is 6.92 Å². The fourth-order valence-electron chi connectivity index (χ4n) is 1.18. The molecule has 72 valence electrons. The van der Waals surface area contributed by atoms with E-state index in [4.69, 9.17) is 11.6 Å². The van der Waals surface area contributed by atoms with Crippen molar-refractivity contribution < 1.29 is 0 Å². The molecule has 2 nitrogen and oxygen atoms in total. The van der Waals surface area contributed by atoms with Crippen molar-refractivity contribution in [2.75, 3.05) is 0 Å². The highest BCUT2D eigenvalue weighted by molar-refractivity contribution is 7.15. The first-order valence-corrected chi connectivity index (χ1v) is 5.58. The predicted octanol–water partition coefficient (Wildman–Crippen LogP) is 3.25. The molecule has 0 amide bonds. The van der Waals surface area contributed by atoms with Crippen molar-refractivity contribution in [1.29, 1.82) is 0 Å². The van der Waals surface area contributed by atoms with Crippen LogP contribution < -0.4 is 0 Å². The average molecular weight is 225 g/mol. The summed E-state index contributed by atoms with van der Waals surface area (Å²) in [7, 11) is 0. The Balaban J connectivity index is 2.44. The highest BCUT2D eigenvalue weighted by Crippen LogP contribution is 2.27. The fourth-order valence-corrected chi connectivity index (χ4v) is 2.25. The van der Waals surface area contributed by atoms with Crippen molar-refractivity contribution in [1.82, 2.24) is 9.97 Å². The minimum Gasteiger partial charge on any atom is -0.264 e. The zero-order valence-electron chi connectivity index (χ0n) is 7.70. The van der Waals surface area contributed by atoms with Gasteiger partial charge in [-0.3, -0.25) is 4.98 Å². The quantitative estimate of drug-likeness (QED) is 0.732. The van der Waals surface area contributed by atoms with Crippen LogP contribution >= 0.6 is 22.9 Å². The van der Waals surface area contributed by atoms with Crippen LogP contribution in [-0.2, 0) is 5.88 Å². The maximum absolute atomic E-state index is 5.72. The summed E-state index contributed by atoms with van der Waals surface area (Å²) < 4.78 is 0. The first-order chi connectivity index (χ1) is 6.81. The second kappa shape index (κ2) is 4.07. The van der Waals surface area contributed by atoms with Crippen molar-refractivity contribution in [2.45, 2.75) is 12.8 Å². The van der Waals surface area contributed by atoms with Gasteiger partial charge in [0.05, 0.1) is 5.88 Å². The number of nitrogens with zero attached hydrogens (tertiary/aromatic N) is 2. The van der Waals surface area contributed by atoms with E-state index in [9.17, 15) is 0 Å². The van der Waals surface area contributed by atoms with Gasteiger partial charge < -0.3 is 0 Å². The Morgan fingerprint density at radius 3 is 2.93 bits per heavy atom. The number of aromatic nitrogens is 2. The molecule has 2 aromatic heterocycles. The smallest absolute Gasteiger partial charge is 0.125 e. The van der Waals surface area contributed by atoms with E-state index in [1.54, 1.807) is 17.5 Å². The topological polar surface area (TPSA) is 25.8 Å². The summed E-state index contributed by atoms with van der Waals surface area (Å²) in [6, 6.07) is 1.98. The van der Waals surface area contributed by atoms with E-state index in [1.165, 1.54) is 5.56 Å². The Hall–Kier alpha value is -0.930. The van der Waals surface area contributed by atoms with Crippen LogP contribution in [0.15, 0.2) is 24.7 Å². The van der Waals surface area contributed by atoms with Crippen LogP contribution in [-0.4, -0.2) is 9.97 Å². The van der Waals surface area contributed by atoms with Crippen LogP contribution in [0.1, 0.15) is 10.4 Å².